The minimum absolute atomic E-state index is 0.0975. The number of hydrogen-bond donors (Lipinski definition) is 5. The number of aliphatic hydroxyl groups excluding tert-OH is 4. The number of nitrogens with zero attached hydrogens (tertiary/aromatic N) is 1. The average Bonchev–Trinajstić information content (AvgIpc) is 2.92. The van der Waals surface area contributed by atoms with Gasteiger partial charge in [0.15, 0.2) is 5.60 Å². The predicted octanol–water partition coefficient (Wildman–Crippen LogP) is -1.32. The largest absolute Gasteiger partial charge is 0.451 e. The lowest BCUT2D eigenvalue weighted by atomic mass is 9.97. The topological polar surface area (TPSA) is 115 Å². The lowest BCUT2D eigenvalue weighted by molar-refractivity contribution is -0.0995. The van der Waals surface area contributed by atoms with Gasteiger partial charge in [-0.05, 0) is 12.1 Å². The molecule has 0 bridgehead atoms. The number of aliphatic imine (C=N–C) groups is 1. The minimum atomic E-state index is -1.50. The zero-order valence-electron chi connectivity index (χ0n) is 10.5. The molecule has 1 aliphatic heterocycles. The van der Waals surface area contributed by atoms with Gasteiger partial charge in [-0.2, -0.15) is 0 Å². The van der Waals surface area contributed by atoms with E-state index in [1.165, 1.54) is 0 Å². The first kappa shape index (κ1) is 13.3. The first-order valence-electron chi connectivity index (χ1n) is 6.32. The molecule has 0 saturated heterocycles. The van der Waals surface area contributed by atoms with E-state index in [9.17, 15) is 20.4 Å². The predicted molar refractivity (Wildman–Crippen MR) is 70.2 cm³/mol. The summed E-state index contributed by atoms with van der Waals surface area (Å²) < 4.78 is 5.50. The molecule has 0 radical (unpaired) electrons. The first-order chi connectivity index (χ1) is 9.58. The van der Waals surface area contributed by atoms with Crippen LogP contribution in [0.2, 0.25) is 0 Å². The molecule has 0 aromatic heterocycles. The Balaban J connectivity index is 1.85. The number of aliphatic hydroxyl groups is 4. The minimum Gasteiger partial charge on any atom is -0.451 e. The lowest BCUT2D eigenvalue weighted by Gasteiger charge is -2.29. The molecule has 1 aromatic rings. The number of nitrogens with one attached hydrogen (secondary N) is 1. The van der Waals surface area contributed by atoms with Crippen LogP contribution in [0.25, 0.3) is 0 Å². The molecular formula is C13H16N2O5. The van der Waals surface area contributed by atoms with Crippen LogP contribution in [0.3, 0.4) is 0 Å². The highest BCUT2D eigenvalue weighted by atomic mass is 16.6. The quantitative estimate of drug-likeness (QED) is 0.459. The van der Waals surface area contributed by atoms with Gasteiger partial charge in [-0.3, -0.25) is 0 Å². The average molecular weight is 280 g/mol. The molecule has 1 unspecified atom stereocenters. The fourth-order valence-corrected chi connectivity index (χ4v) is 2.69. The van der Waals surface area contributed by atoms with Gasteiger partial charge in [0.1, 0.15) is 24.4 Å². The van der Waals surface area contributed by atoms with Crippen molar-refractivity contribution in [1.82, 2.24) is 0 Å². The molecular weight excluding hydrogens is 264 g/mol. The van der Waals surface area contributed by atoms with Crippen LogP contribution in [0.4, 0.5) is 5.69 Å². The molecule has 1 fully saturated rings. The van der Waals surface area contributed by atoms with Crippen molar-refractivity contribution in [3.8, 4) is 0 Å². The van der Waals surface area contributed by atoms with Crippen molar-refractivity contribution in [1.29, 1.82) is 0 Å². The van der Waals surface area contributed by atoms with E-state index in [0.717, 1.165) is 5.69 Å². The lowest BCUT2D eigenvalue weighted by Crippen LogP contribution is -2.51. The van der Waals surface area contributed by atoms with Gasteiger partial charge in [-0.1, -0.05) is 18.2 Å². The highest BCUT2D eigenvalue weighted by Crippen LogP contribution is 2.40. The monoisotopic (exact) mass is 280 g/mol. The van der Waals surface area contributed by atoms with Crippen molar-refractivity contribution in [3.63, 3.8) is 0 Å². The van der Waals surface area contributed by atoms with Gasteiger partial charge < -0.3 is 30.5 Å². The Labute approximate surface area is 115 Å². The zero-order chi connectivity index (χ0) is 14.3. The SMILES string of the molecule is OC[C@]12OC(Nc3ccccc3)=NC1[C@@H](O)[C@H](O)[C@@H]2O. The van der Waals surface area contributed by atoms with Gasteiger partial charge in [-0.25, -0.2) is 4.99 Å². The number of fused-ring (bicyclic) bond motifs is 1. The van der Waals surface area contributed by atoms with Crippen LogP contribution >= 0.6 is 0 Å². The van der Waals surface area contributed by atoms with Crippen molar-refractivity contribution < 1.29 is 25.2 Å². The van der Waals surface area contributed by atoms with Crippen LogP contribution in [0.1, 0.15) is 0 Å². The fourth-order valence-electron chi connectivity index (χ4n) is 2.69. The maximum Gasteiger partial charge on any atom is 0.290 e. The molecule has 1 heterocycles. The summed E-state index contributed by atoms with van der Waals surface area (Å²) in [7, 11) is 0. The van der Waals surface area contributed by atoms with Crippen molar-refractivity contribution >= 4 is 11.7 Å². The third-order valence-corrected chi connectivity index (χ3v) is 3.81. The Hall–Kier alpha value is -1.67. The van der Waals surface area contributed by atoms with Gasteiger partial charge in [-0.15, -0.1) is 0 Å². The fraction of sp³-hybridized carbons (Fsp3) is 0.462. The third-order valence-electron chi connectivity index (χ3n) is 3.81. The molecule has 1 saturated carbocycles. The van der Waals surface area contributed by atoms with Gasteiger partial charge in [0, 0.05) is 5.69 Å². The standard InChI is InChI=1S/C13H16N2O5/c16-6-13-10(8(17)9(18)11(13)19)15-12(20-13)14-7-4-2-1-3-5-7/h1-5,8-11,16-19H,6H2,(H,14,15)/t8-,9-,10?,11-,13-/m0/s1. The Morgan fingerprint density at radius 3 is 2.45 bits per heavy atom. The summed E-state index contributed by atoms with van der Waals surface area (Å²) in [5.41, 5.74) is -0.778. The summed E-state index contributed by atoms with van der Waals surface area (Å²) in [6.45, 7) is -0.559. The van der Waals surface area contributed by atoms with E-state index in [1.807, 2.05) is 18.2 Å². The molecule has 108 valence electrons. The maximum atomic E-state index is 9.98. The van der Waals surface area contributed by atoms with E-state index in [1.54, 1.807) is 12.1 Å². The van der Waals surface area contributed by atoms with Crippen molar-refractivity contribution in [2.24, 2.45) is 4.99 Å². The van der Waals surface area contributed by atoms with E-state index in [2.05, 4.69) is 10.3 Å². The molecule has 5 atom stereocenters. The second kappa shape index (κ2) is 4.71. The Morgan fingerprint density at radius 2 is 1.85 bits per heavy atom. The number of anilines is 1. The highest BCUT2D eigenvalue weighted by Gasteiger charge is 2.65. The molecule has 3 rings (SSSR count). The van der Waals surface area contributed by atoms with E-state index in [4.69, 9.17) is 4.74 Å². The number of benzene rings is 1. The molecule has 20 heavy (non-hydrogen) atoms. The number of ether oxygens (including phenoxy) is 1. The molecule has 0 spiro atoms. The molecule has 0 amide bonds. The molecule has 7 heteroatoms. The van der Waals surface area contributed by atoms with Crippen molar-refractivity contribution in [2.75, 3.05) is 11.9 Å². The molecule has 7 nitrogen and oxygen atoms in total. The van der Waals surface area contributed by atoms with Crippen LogP contribution in [0.5, 0.6) is 0 Å². The van der Waals surface area contributed by atoms with Gasteiger partial charge >= 0.3 is 0 Å². The third kappa shape index (κ3) is 1.79. The van der Waals surface area contributed by atoms with E-state index in [0.29, 0.717) is 0 Å². The Kier molecular flexibility index (Phi) is 3.14. The number of amidine groups is 1. The van der Waals surface area contributed by atoms with Crippen LogP contribution in [0.15, 0.2) is 35.3 Å². The molecule has 5 N–H and O–H groups in total. The van der Waals surface area contributed by atoms with Crippen LogP contribution in [0, 0.1) is 0 Å². The normalized spacial score (nSPS) is 39.1. The summed E-state index contributed by atoms with van der Waals surface area (Å²) in [5.74, 6) is 0. The summed E-state index contributed by atoms with van der Waals surface area (Å²) in [6.07, 6.45) is -4.09. The second-order valence-electron chi connectivity index (χ2n) is 5.01. The van der Waals surface area contributed by atoms with Crippen LogP contribution in [-0.4, -0.2) is 63.0 Å². The van der Waals surface area contributed by atoms with Gasteiger partial charge in [0.2, 0.25) is 0 Å². The second-order valence-corrected chi connectivity index (χ2v) is 5.01. The van der Waals surface area contributed by atoms with Gasteiger partial charge in [0.25, 0.3) is 6.02 Å². The smallest absolute Gasteiger partial charge is 0.290 e. The van der Waals surface area contributed by atoms with E-state index < -0.39 is 36.6 Å². The summed E-state index contributed by atoms with van der Waals surface area (Å²) in [4.78, 5) is 4.12. The number of hydrogen-bond acceptors (Lipinski definition) is 7. The molecule has 1 aromatic carbocycles. The Bertz CT molecular complexity index is 523. The molecule has 2 aliphatic rings. The first-order valence-corrected chi connectivity index (χ1v) is 6.32. The van der Waals surface area contributed by atoms with E-state index in [-0.39, 0.29) is 6.02 Å². The summed E-state index contributed by atoms with van der Waals surface area (Å²) in [5, 5.41) is 41.9. The van der Waals surface area contributed by atoms with E-state index >= 15 is 0 Å². The van der Waals surface area contributed by atoms with Gasteiger partial charge in [0.05, 0.1) is 6.61 Å². The zero-order valence-corrected chi connectivity index (χ0v) is 10.5. The maximum absolute atomic E-state index is 9.98. The van der Waals surface area contributed by atoms with Crippen molar-refractivity contribution in [3.05, 3.63) is 30.3 Å². The highest BCUT2D eigenvalue weighted by molar-refractivity contribution is 5.91. The number of para-hydroxylation sites is 1. The molecule has 1 aliphatic carbocycles. The summed E-state index contributed by atoms with van der Waals surface area (Å²) in [6, 6.07) is 8.29. The van der Waals surface area contributed by atoms with Crippen LogP contribution < -0.4 is 5.32 Å². The van der Waals surface area contributed by atoms with Crippen molar-refractivity contribution in [2.45, 2.75) is 30.0 Å². The van der Waals surface area contributed by atoms with Crippen LogP contribution in [-0.2, 0) is 4.74 Å². The number of rotatable bonds is 2. The Morgan fingerprint density at radius 1 is 1.15 bits per heavy atom. The summed E-state index contributed by atoms with van der Waals surface area (Å²) >= 11 is 0.